The molecule has 3 fully saturated rings. The van der Waals surface area contributed by atoms with Crippen molar-refractivity contribution in [2.24, 2.45) is 17.8 Å². The molecule has 0 amide bonds. The zero-order valence-corrected chi connectivity index (χ0v) is 11.0. The highest BCUT2D eigenvalue weighted by Crippen LogP contribution is 2.48. The van der Waals surface area contributed by atoms with E-state index < -0.39 is 0 Å². The number of aliphatic hydroxyl groups is 1. The zero-order chi connectivity index (χ0) is 11.7. The van der Waals surface area contributed by atoms with E-state index in [4.69, 9.17) is 5.11 Å². The second-order valence-corrected chi connectivity index (χ2v) is 6.59. The van der Waals surface area contributed by atoms with Crippen LogP contribution >= 0.6 is 0 Å². The Labute approximate surface area is 105 Å². The zero-order valence-electron chi connectivity index (χ0n) is 11.0. The molecule has 0 spiro atoms. The van der Waals surface area contributed by atoms with E-state index >= 15 is 0 Å². The summed E-state index contributed by atoms with van der Waals surface area (Å²) >= 11 is 0. The molecular formula is C15H27NO. The lowest BCUT2D eigenvalue weighted by Gasteiger charge is -2.31. The highest BCUT2D eigenvalue weighted by Gasteiger charge is 2.41. The van der Waals surface area contributed by atoms with E-state index in [1.165, 1.54) is 51.6 Å². The number of likely N-dealkylation sites (tertiary alicyclic amines) is 1. The minimum absolute atomic E-state index is 0.373. The third kappa shape index (κ3) is 2.53. The number of aliphatic hydroxyl groups excluding tert-OH is 1. The molecule has 3 aliphatic rings. The van der Waals surface area contributed by atoms with Crippen molar-refractivity contribution < 1.29 is 5.11 Å². The van der Waals surface area contributed by atoms with E-state index in [0.717, 1.165) is 30.2 Å². The van der Waals surface area contributed by atoms with Crippen LogP contribution in [0.3, 0.4) is 0 Å². The van der Waals surface area contributed by atoms with Crippen molar-refractivity contribution in [2.45, 2.75) is 57.4 Å². The molecule has 2 nitrogen and oxygen atoms in total. The lowest BCUT2D eigenvalue weighted by molar-refractivity contribution is 0.163. The van der Waals surface area contributed by atoms with Crippen molar-refractivity contribution in [2.75, 3.05) is 19.7 Å². The molecule has 1 heterocycles. The predicted molar refractivity (Wildman–Crippen MR) is 69.9 cm³/mol. The van der Waals surface area contributed by atoms with Gasteiger partial charge in [-0.3, -0.25) is 0 Å². The molecule has 0 aromatic rings. The standard InChI is InChI=1S/C15H27NO/c17-8-2-4-15-3-1-7-16(15)11-14-10-12-5-6-13(14)9-12/h12-15,17H,1-11H2. The largest absolute Gasteiger partial charge is 0.396 e. The molecule has 17 heavy (non-hydrogen) atoms. The summed E-state index contributed by atoms with van der Waals surface area (Å²) in [6.45, 7) is 3.07. The van der Waals surface area contributed by atoms with Crippen LogP contribution < -0.4 is 0 Å². The van der Waals surface area contributed by atoms with Crippen molar-refractivity contribution in [3.05, 3.63) is 0 Å². The SMILES string of the molecule is OCCCC1CCCN1CC1CC2CCC1C2. The molecule has 2 saturated carbocycles. The van der Waals surface area contributed by atoms with E-state index in [2.05, 4.69) is 4.90 Å². The van der Waals surface area contributed by atoms with Gasteiger partial charge in [0.25, 0.3) is 0 Å². The first-order valence-corrected chi connectivity index (χ1v) is 7.71. The predicted octanol–water partition coefficient (Wildman–Crippen LogP) is 2.66. The molecule has 2 bridgehead atoms. The van der Waals surface area contributed by atoms with Crippen LogP contribution in [0.4, 0.5) is 0 Å². The van der Waals surface area contributed by atoms with Gasteiger partial charge in [-0.1, -0.05) is 6.42 Å². The average Bonchev–Trinajstić information content (AvgIpc) is 3.02. The van der Waals surface area contributed by atoms with Crippen LogP contribution in [0.1, 0.15) is 51.4 Å². The minimum atomic E-state index is 0.373. The van der Waals surface area contributed by atoms with E-state index in [1.807, 2.05) is 0 Å². The second kappa shape index (κ2) is 5.27. The monoisotopic (exact) mass is 237 g/mol. The summed E-state index contributed by atoms with van der Waals surface area (Å²) in [6, 6.07) is 0.793. The summed E-state index contributed by atoms with van der Waals surface area (Å²) in [5.74, 6) is 3.17. The Morgan fingerprint density at radius 1 is 1.12 bits per heavy atom. The lowest BCUT2D eigenvalue weighted by atomic mass is 9.88. The Morgan fingerprint density at radius 2 is 2.06 bits per heavy atom. The maximum atomic E-state index is 8.96. The Morgan fingerprint density at radius 3 is 2.76 bits per heavy atom. The molecule has 98 valence electrons. The third-order valence-electron chi connectivity index (χ3n) is 5.55. The first kappa shape index (κ1) is 12.0. The van der Waals surface area contributed by atoms with E-state index in [1.54, 1.807) is 6.42 Å². The van der Waals surface area contributed by atoms with Gasteiger partial charge < -0.3 is 10.0 Å². The fourth-order valence-electron chi connectivity index (χ4n) is 4.69. The number of hydrogen-bond donors (Lipinski definition) is 1. The fraction of sp³-hybridized carbons (Fsp3) is 1.00. The van der Waals surface area contributed by atoms with Gasteiger partial charge in [-0.15, -0.1) is 0 Å². The van der Waals surface area contributed by atoms with Crippen molar-refractivity contribution in [1.82, 2.24) is 4.90 Å². The first-order valence-electron chi connectivity index (χ1n) is 7.71. The molecule has 2 heteroatoms. The van der Waals surface area contributed by atoms with Gasteiger partial charge in [-0.25, -0.2) is 0 Å². The number of fused-ring (bicyclic) bond motifs is 2. The smallest absolute Gasteiger partial charge is 0.0431 e. The summed E-state index contributed by atoms with van der Waals surface area (Å²) in [5.41, 5.74) is 0. The van der Waals surface area contributed by atoms with Gasteiger partial charge in [0, 0.05) is 19.2 Å². The van der Waals surface area contributed by atoms with E-state index in [0.29, 0.717) is 6.61 Å². The van der Waals surface area contributed by atoms with Gasteiger partial charge in [0.2, 0.25) is 0 Å². The van der Waals surface area contributed by atoms with E-state index in [9.17, 15) is 0 Å². The summed E-state index contributed by atoms with van der Waals surface area (Å²) in [4.78, 5) is 2.75. The molecule has 0 aromatic heterocycles. The van der Waals surface area contributed by atoms with Gasteiger partial charge in [0.05, 0.1) is 0 Å². The van der Waals surface area contributed by atoms with Gasteiger partial charge in [-0.05, 0) is 69.2 Å². The molecule has 0 aromatic carbocycles. The quantitative estimate of drug-likeness (QED) is 0.794. The Balaban J connectivity index is 1.50. The van der Waals surface area contributed by atoms with Crippen LogP contribution in [-0.4, -0.2) is 35.7 Å². The number of rotatable bonds is 5. The van der Waals surface area contributed by atoms with E-state index in [-0.39, 0.29) is 0 Å². The second-order valence-electron chi connectivity index (χ2n) is 6.59. The Kier molecular flexibility index (Phi) is 3.72. The first-order chi connectivity index (χ1) is 8.36. The van der Waals surface area contributed by atoms with Gasteiger partial charge in [-0.2, -0.15) is 0 Å². The summed E-state index contributed by atoms with van der Waals surface area (Å²) < 4.78 is 0. The van der Waals surface area contributed by atoms with Gasteiger partial charge in [0.15, 0.2) is 0 Å². The Bertz CT molecular complexity index is 255. The molecule has 1 saturated heterocycles. The van der Waals surface area contributed by atoms with Crippen LogP contribution in [0, 0.1) is 17.8 Å². The van der Waals surface area contributed by atoms with Crippen LogP contribution in [0.15, 0.2) is 0 Å². The van der Waals surface area contributed by atoms with Crippen LogP contribution in [0.2, 0.25) is 0 Å². The fourth-order valence-corrected chi connectivity index (χ4v) is 4.69. The summed E-state index contributed by atoms with van der Waals surface area (Å²) in [5, 5.41) is 8.96. The molecule has 4 unspecified atom stereocenters. The Hall–Kier alpha value is -0.0800. The highest BCUT2D eigenvalue weighted by molar-refractivity contribution is 4.92. The van der Waals surface area contributed by atoms with Crippen LogP contribution in [0.5, 0.6) is 0 Å². The summed E-state index contributed by atoms with van der Waals surface area (Å²) in [6.07, 6.45) is 11.1. The molecule has 4 atom stereocenters. The molecule has 2 aliphatic carbocycles. The summed E-state index contributed by atoms with van der Waals surface area (Å²) in [7, 11) is 0. The lowest BCUT2D eigenvalue weighted by Crippen LogP contribution is -2.35. The van der Waals surface area contributed by atoms with Crippen molar-refractivity contribution in [3.8, 4) is 0 Å². The number of nitrogens with zero attached hydrogens (tertiary/aromatic N) is 1. The molecule has 3 rings (SSSR count). The van der Waals surface area contributed by atoms with Crippen LogP contribution in [0.25, 0.3) is 0 Å². The van der Waals surface area contributed by atoms with Gasteiger partial charge in [0.1, 0.15) is 0 Å². The number of hydrogen-bond acceptors (Lipinski definition) is 2. The minimum Gasteiger partial charge on any atom is -0.396 e. The molecule has 0 radical (unpaired) electrons. The maximum Gasteiger partial charge on any atom is 0.0431 e. The topological polar surface area (TPSA) is 23.5 Å². The van der Waals surface area contributed by atoms with Crippen molar-refractivity contribution in [1.29, 1.82) is 0 Å². The molecular weight excluding hydrogens is 210 g/mol. The van der Waals surface area contributed by atoms with Crippen LogP contribution in [-0.2, 0) is 0 Å². The normalized spacial score (nSPS) is 41.5. The average molecular weight is 237 g/mol. The van der Waals surface area contributed by atoms with Crippen molar-refractivity contribution in [3.63, 3.8) is 0 Å². The molecule has 1 aliphatic heterocycles. The highest BCUT2D eigenvalue weighted by atomic mass is 16.2. The maximum absolute atomic E-state index is 8.96. The molecule has 1 N–H and O–H groups in total. The van der Waals surface area contributed by atoms with Gasteiger partial charge >= 0.3 is 0 Å². The van der Waals surface area contributed by atoms with Crippen molar-refractivity contribution >= 4 is 0 Å². The third-order valence-corrected chi connectivity index (χ3v) is 5.55.